The van der Waals surface area contributed by atoms with Crippen molar-refractivity contribution >= 4 is 5.97 Å². The van der Waals surface area contributed by atoms with Crippen LogP contribution < -0.4 is 0 Å². The van der Waals surface area contributed by atoms with Crippen molar-refractivity contribution in [2.45, 2.75) is 39.2 Å². The number of carboxylic acid groups (broad SMARTS) is 1. The van der Waals surface area contributed by atoms with Gasteiger partial charge in [0.2, 0.25) is 0 Å². The zero-order valence-electron chi connectivity index (χ0n) is 12.3. The minimum absolute atomic E-state index is 0.0288. The second-order valence-electron chi connectivity index (χ2n) is 5.43. The fourth-order valence-corrected chi connectivity index (χ4v) is 2.32. The highest BCUT2D eigenvalue weighted by molar-refractivity contribution is 5.67. The van der Waals surface area contributed by atoms with Crippen LogP contribution in [-0.2, 0) is 17.6 Å². The second kappa shape index (κ2) is 6.97. The van der Waals surface area contributed by atoms with Crippen LogP contribution in [-0.4, -0.2) is 31.3 Å². The predicted octanol–water partition coefficient (Wildman–Crippen LogP) is 2.13. The molecule has 2 rings (SSSR count). The van der Waals surface area contributed by atoms with Gasteiger partial charge in [-0.15, -0.1) is 5.10 Å². The maximum atomic E-state index is 11.0. The molecular formula is C15H20N4O2. The average molecular weight is 288 g/mol. The van der Waals surface area contributed by atoms with Gasteiger partial charge in [0.1, 0.15) is 0 Å². The fourth-order valence-electron chi connectivity index (χ4n) is 2.32. The number of nitrogens with zero attached hydrogens (tertiary/aromatic N) is 4. The molecule has 0 bridgehead atoms. The number of tetrazole rings is 1. The maximum Gasteiger partial charge on any atom is 0.305 e. The molecule has 1 aromatic heterocycles. The molecule has 0 aliphatic rings. The lowest BCUT2D eigenvalue weighted by molar-refractivity contribution is -0.138. The van der Waals surface area contributed by atoms with Crippen LogP contribution in [0.2, 0.25) is 0 Å². The van der Waals surface area contributed by atoms with E-state index in [0.717, 1.165) is 12.2 Å². The van der Waals surface area contributed by atoms with E-state index in [0.29, 0.717) is 6.42 Å². The number of rotatable bonds is 7. The Morgan fingerprint density at radius 2 is 1.95 bits per heavy atom. The summed E-state index contributed by atoms with van der Waals surface area (Å²) in [7, 11) is 0. The van der Waals surface area contributed by atoms with Crippen molar-refractivity contribution in [1.29, 1.82) is 0 Å². The van der Waals surface area contributed by atoms with Crippen LogP contribution in [0.5, 0.6) is 0 Å². The fraction of sp³-hybridized carbons (Fsp3) is 0.467. The Bertz CT molecular complexity index is 580. The quantitative estimate of drug-likeness (QED) is 0.844. The molecule has 0 saturated heterocycles. The Morgan fingerprint density at radius 3 is 2.57 bits per heavy atom. The lowest BCUT2D eigenvalue weighted by Gasteiger charge is -2.20. The van der Waals surface area contributed by atoms with Crippen LogP contribution in [0.15, 0.2) is 30.3 Å². The predicted molar refractivity (Wildman–Crippen MR) is 77.8 cm³/mol. The molecule has 6 nitrogen and oxygen atoms in total. The maximum absolute atomic E-state index is 11.0. The lowest BCUT2D eigenvalue weighted by Crippen LogP contribution is -2.22. The van der Waals surface area contributed by atoms with E-state index < -0.39 is 5.97 Å². The van der Waals surface area contributed by atoms with Gasteiger partial charge in [-0.05, 0) is 28.3 Å². The van der Waals surface area contributed by atoms with E-state index in [1.165, 1.54) is 5.56 Å². The summed E-state index contributed by atoms with van der Waals surface area (Å²) in [6, 6.07) is 9.88. The monoisotopic (exact) mass is 288 g/mol. The minimum atomic E-state index is -0.835. The molecule has 0 spiro atoms. The highest BCUT2D eigenvalue weighted by Crippen LogP contribution is 2.22. The third kappa shape index (κ3) is 4.11. The molecule has 2 aromatic rings. The highest BCUT2D eigenvalue weighted by Gasteiger charge is 2.23. The number of hydrogen-bond donors (Lipinski definition) is 1. The molecule has 1 N–H and O–H groups in total. The topological polar surface area (TPSA) is 80.9 Å². The largest absolute Gasteiger partial charge is 0.481 e. The first-order chi connectivity index (χ1) is 10.1. The molecule has 1 unspecified atom stereocenters. The van der Waals surface area contributed by atoms with E-state index in [-0.39, 0.29) is 18.4 Å². The molecule has 1 heterocycles. The second-order valence-corrected chi connectivity index (χ2v) is 5.43. The van der Waals surface area contributed by atoms with Gasteiger partial charge in [-0.3, -0.25) is 4.79 Å². The zero-order valence-corrected chi connectivity index (χ0v) is 12.3. The Labute approximate surface area is 123 Å². The van der Waals surface area contributed by atoms with Gasteiger partial charge in [-0.2, -0.15) is 0 Å². The van der Waals surface area contributed by atoms with Crippen LogP contribution >= 0.6 is 0 Å². The molecule has 6 heteroatoms. The van der Waals surface area contributed by atoms with E-state index in [2.05, 4.69) is 27.7 Å². The van der Waals surface area contributed by atoms with E-state index >= 15 is 0 Å². The number of carbonyl (C=O) groups is 1. The van der Waals surface area contributed by atoms with Crippen molar-refractivity contribution in [2.75, 3.05) is 0 Å². The standard InChI is InChI=1S/C15H20N4O2/c1-11(2)13(10-15(20)21)19-14(16-17-18-19)9-8-12-6-4-3-5-7-12/h3-7,11,13H,8-10H2,1-2H3,(H,20,21). The SMILES string of the molecule is CC(C)C(CC(=O)O)n1nnnc1CCc1ccccc1. The van der Waals surface area contributed by atoms with E-state index in [1.807, 2.05) is 32.0 Å². The molecule has 0 fully saturated rings. The molecule has 112 valence electrons. The Kier molecular flexibility index (Phi) is 5.03. The number of aromatic nitrogens is 4. The molecule has 0 aliphatic heterocycles. The van der Waals surface area contributed by atoms with E-state index in [1.54, 1.807) is 4.68 Å². The third-order valence-electron chi connectivity index (χ3n) is 3.51. The Hall–Kier alpha value is -2.24. The summed E-state index contributed by atoms with van der Waals surface area (Å²) >= 11 is 0. The van der Waals surface area contributed by atoms with Crippen LogP contribution in [0.3, 0.4) is 0 Å². The first-order valence-corrected chi connectivity index (χ1v) is 7.10. The molecule has 1 aromatic carbocycles. The van der Waals surface area contributed by atoms with Crippen LogP contribution in [0.25, 0.3) is 0 Å². The van der Waals surface area contributed by atoms with Gasteiger partial charge in [-0.1, -0.05) is 44.2 Å². The lowest BCUT2D eigenvalue weighted by atomic mass is 10.0. The number of hydrogen-bond acceptors (Lipinski definition) is 4. The Morgan fingerprint density at radius 1 is 1.24 bits per heavy atom. The average Bonchev–Trinajstić information content (AvgIpc) is 2.91. The first-order valence-electron chi connectivity index (χ1n) is 7.10. The molecule has 0 saturated carbocycles. The number of carboxylic acids is 1. The minimum Gasteiger partial charge on any atom is -0.481 e. The van der Waals surface area contributed by atoms with Crippen molar-refractivity contribution in [3.8, 4) is 0 Å². The van der Waals surface area contributed by atoms with Crippen LogP contribution in [0.4, 0.5) is 0 Å². The van der Waals surface area contributed by atoms with Gasteiger partial charge in [0, 0.05) is 6.42 Å². The number of aryl methyl sites for hydroxylation is 2. The van der Waals surface area contributed by atoms with E-state index in [4.69, 9.17) is 5.11 Å². The Balaban J connectivity index is 2.11. The van der Waals surface area contributed by atoms with Gasteiger partial charge in [-0.25, -0.2) is 4.68 Å². The third-order valence-corrected chi connectivity index (χ3v) is 3.51. The summed E-state index contributed by atoms with van der Waals surface area (Å²) in [5, 5.41) is 20.8. The van der Waals surface area contributed by atoms with Gasteiger partial charge >= 0.3 is 5.97 Å². The zero-order chi connectivity index (χ0) is 15.2. The normalized spacial score (nSPS) is 12.5. The van der Waals surface area contributed by atoms with Crippen molar-refractivity contribution in [2.24, 2.45) is 5.92 Å². The molecular weight excluding hydrogens is 268 g/mol. The molecule has 1 atom stereocenters. The van der Waals surface area contributed by atoms with Gasteiger partial charge in [0.15, 0.2) is 5.82 Å². The molecule has 0 aliphatic carbocycles. The summed E-state index contributed by atoms with van der Waals surface area (Å²) in [6.45, 7) is 3.96. The summed E-state index contributed by atoms with van der Waals surface area (Å²) in [5.41, 5.74) is 1.21. The molecule has 0 amide bonds. The molecule has 0 radical (unpaired) electrons. The van der Waals surface area contributed by atoms with E-state index in [9.17, 15) is 4.79 Å². The summed E-state index contributed by atoms with van der Waals surface area (Å²) < 4.78 is 1.67. The van der Waals surface area contributed by atoms with Crippen LogP contribution in [0, 0.1) is 5.92 Å². The first kappa shape index (κ1) is 15.2. The van der Waals surface area contributed by atoms with Crippen molar-refractivity contribution in [1.82, 2.24) is 20.2 Å². The van der Waals surface area contributed by atoms with Gasteiger partial charge in [0.05, 0.1) is 12.5 Å². The van der Waals surface area contributed by atoms with Crippen molar-refractivity contribution in [3.63, 3.8) is 0 Å². The van der Waals surface area contributed by atoms with Crippen LogP contribution in [0.1, 0.15) is 37.7 Å². The summed E-state index contributed by atoms with van der Waals surface area (Å²) in [5.74, 6) is 0.0529. The highest BCUT2D eigenvalue weighted by atomic mass is 16.4. The van der Waals surface area contributed by atoms with Crippen molar-refractivity contribution in [3.05, 3.63) is 41.7 Å². The number of aliphatic carboxylic acids is 1. The number of benzene rings is 1. The smallest absolute Gasteiger partial charge is 0.305 e. The van der Waals surface area contributed by atoms with Crippen molar-refractivity contribution < 1.29 is 9.90 Å². The van der Waals surface area contributed by atoms with Gasteiger partial charge in [0.25, 0.3) is 0 Å². The summed E-state index contributed by atoms with van der Waals surface area (Å²) in [6.07, 6.45) is 1.56. The molecule has 21 heavy (non-hydrogen) atoms. The van der Waals surface area contributed by atoms with Gasteiger partial charge < -0.3 is 5.11 Å². The summed E-state index contributed by atoms with van der Waals surface area (Å²) in [4.78, 5) is 11.0.